The molecule has 2 fully saturated rings. The lowest BCUT2D eigenvalue weighted by Crippen LogP contribution is -2.37. The average Bonchev–Trinajstić information content (AvgIpc) is 2.74. The zero-order chi connectivity index (χ0) is 12.1. The van der Waals surface area contributed by atoms with E-state index in [4.69, 9.17) is 0 Å². The van der Waals surface area contributed by atoms with Gasteiger partial charge < -0.3 is 5.32 Å². The van der Waals surface area contributed by atoms with Crippen LogP contribution in [0.2, 0.25) is 0 Å². The van der Waals surface area contributed by atoms with E-state index in [1.807, 2.05) is 0 Å². The fourth-order valence-corrected chi connectivity index (χ4v) is 3.40. The number of nitrogens with one attached hydrogen (secondary N) is 1. The van der Waals surface area contributed by atoms with E-state index in [-0.39, 0.29) is 11.8 Å². The summed E-state index contributed by atoms with van der Waals surface area (Å²) in [6.45, 7) is 1.68. The van der Waals surface area contributed by atoms with Gasteiger partial charge in [0.2, 0.25) is 0 Å². The Morgan fingerprint density at radius 1 is 0.706 bits per heavy atom. The molecule has 1 N–H and O–H groups in total. The first-order chi connectivity index (χ1) is 8.21. The third-order valence-corrected chi connectivity index (χ3v) is 4.52. The van der Waals surface area contributed by atoms with Gasteiger partial charge in [0.25, 0.3) is 5.92 Å². The largest absolute Gasteiger partial charge is 0.317 e. The minimum Gasteiger partial charge on any atom is -0.317 e. The summed E-state index contributed by atoms with van der Waals surface area (Å²) in [6, 6.07) is 0. The highest BCUT2D eigenvalue weighted by Crippen LogP contribution is 2.43. The van der Waals surface area contributed by atoms with Crippen molar-refractivity contribution in [3.8, 4) is 0 Å². The van der Waals surface area contributed by atoms with E-state index < -0.39 is 5.92 Å². The van der Waals surface area contributed by atoms with Crippen molar-refractivity contribution in [3.05, 3.63) is 0 Å². The maximum Gasteiger partial charge on any atom is 0.253 e. The Hall–Kier alpha value is -0.180. The molecule has 17 heavy (non-hydrogen) atoms. The Labute approximate surface area is 103 Å². The van der Waals surface area contributed by atoms with Crippen LogP contribution < -0.4 is 5.32 Å². The minimum atomic E-state index is -2.42. The molecule has 0 aromatic heterocycles. The summed E-state index contributed by atoms with van der Waals surface area (Å²) in [5.41, 5.74) is 0. The molecule has 1 saturated carbocycles. The van der Waals surface area contributed by atoms with Crippen LogP contribution in [-0.4, -0.2) is 19.0 Å². The monoisotopic (exact) mass is 245 g/mol. The zero-order valence-corrected chi connectivity index (χ0v) is 10.7. The normalized spacial score (nSPS) is 29.6. The predicted molar refractivity (Wildman–Crippen MR) is 66.3 cm³/mol. The molecule has 1 atom stereocenters. The molecule has 0 bridgehead atoms. The number of hydrogen-bond donors (Lipinski definition) is 1. The van der Waals surface area contributed by atoms with Crippen LogP contribution in [0.15, 0.2) is 0 Å². The fraction of sp³-hybridized carbons (Fsp3) is 1.00. The van der Waals surface area contributed by atoms with Gasteiger partial charge in [-0.15, -0.1) is 0 Å². The zero-order valence-electron chi connectivity index (χ0n) is 10.7. The second kappa shape index (κ2) is 6.12. The third-order valence-electron chi connectivity index (χ3n) is 4.52. The van der Waals surface area contributed by atoms with Crippen LogP contribution in [0.25, 0.3) is 0 Å². The number of halogens is 2. The number of rotatable bonds is 2. The molecule has 1 unspecified atom stereocenters. The Morgan fingerprint density at radius 3 is 2.00 bits per heavy atom. The second-order valence-corrected chi connectivity index (χ2v) is 5.74. The van der Waals surface area contributed by atoms with Crippen molar-refractivity contribution in [2.24, 2.45) is 11.8 Å². The Morgan fingerprint density at radius 2 is 1.29 bits per heavy atom. The lowest BCUT2D eigenvalue weighted by atomic mass is 9.81. The SMILES string of the molecule is FC(F)(C1CCCCCC1)C1CCCNCC1. The van der Waals surface area contributed by atoms with Crippen molar-refractivity contribution in [2.45, 2.75) is 63.7 Å². The molecule has 0 aromatic rings. The fourth-order valence-electron chi connectivity index (χ4n) is 3.40. The molecule has 100 valence electrons. The van der Waals surface area contributed by atoms with Gasteiger partial charge in [-0.25, -0.2) is 8.78 Å². The van der Waals surface area contributed by atoms with Crippen molar-refractivity contribution in [1.29, 1.82) is 0 Å². The minimum absolute atomic E-state index is 0.340. The molecule has 2 aliphatic rings. The number of alkyl halides is 2. The Bertz CT molecular complexity index is 192. The molecular formula is C14H25F2N. The molecule has 1 aliphatic carbocycles. The van der Waals surface area contributed by atoms with E-state index in [1.54, 1.807) is 0 Å². The molecule has 0 spiro atoms. The van der Waals surface area contributed by atoms with E-state index >= 15 is 0 Å². The second-order valence-electron chi connectivity index (χ2n) is 5.74. The van der Waals surface area contributed by atoms with Crippen LogP contribution >= 0.6 is 0 Å². The van der Waals surface area contributed by atoms with Crippen molar-refractivity contribution in [1.82, 2.24) is 5.32 Å². The van der Waals surface area contributed by atoms with Crippen LogP contribution in [0, 0.1) is 11.8 Å². The summed E-state index contributed by atoms with van der Waals surface area (Å²) >= 11 is 0. The van der Waals surface area contributed by atoms with Crippen molar-refractivity contribution < 1.29 is 8.78 Å². The lowest BCUT2D eigenvalue weighted by molar-refractivity contribution is -0.116. The van der Waals surface area contributed by atoms with Crippen LogP contribution in [0.1, 0.15) is 57.8 Å². The first-order valence-electron chi connectivity index (χ1n) is 7.30. The van der Waals surface area contributed by atoms with Crippen LogP contribution in [0.5, 0.6) is 0 Å². The Kier molecular flexibility index (Phi) is 4.78. The van der Waals surface area contributed by atoms with Gasteiger partial charge in [-0.2, -0.15) is 0 Å². The van der Waals surface area contributed by atoms with E-state index in [0.29, 0.717) is 12.8 Å². The maximum atomic E-state index is 14.5. The average molecular weight is 245 g/mol. The maximum absolute atomic E-state index is 14.5. The van der Waals surface area contributed by atoms with Crippen molar-refractivity contribution in [2.75, 3.05) is 13.1 Å². The molecule has 3 heteroatoms. The van der Waals surface area contributed by atoms with E-state index in [2.05, 4.69) is 5.32 Å². The van der Waals surface area contributed by atoms with Gasteiger partial charge in [0.05, 0.1) is 0 Å². The molecule has 1 aliphatic heterocycles. The molecule has 0 aromatic carbocycles. The van der Waals surface area contributed by atoms with Gasteiger partial charge in [-0.1, -0.05) is 25.7 Å². The van der Waals surface area contributed by atoms with Gasteiger partial charge in [0, 0.05) is 11.8 Å². The summed E-state index contributed by atoms with van der Waals surface area (Å²) in [6.07, 6.45) is 8.08. The highest BCUT2D eigenvalue weighted by atomic mass is 19.3. The first-order valence-corrected chi connectivity index (χ1v) is 7.30. The van der Waals surface area contributed by atoms with Crippen LogP contribution in [0.3, 0.4) is 0 Å². The van der Waals surface area contributed by atoms with E-state index in [0.717, 1.165) is 58.0 Å². The molecule has 1 heterocycles. The standard InChI is InChI=1S/C14H25F2N/c15-14(16,12-6-3-1-2-4-7-12)13-8-5-10-17-11-9-13/h12-13,17H,1-11H2. The Balaban J connectivity index is 1.98. The summed E-state index contributed by atoms with van der Waals surface area (Å²) in [5, 5.41) is 3.23. The highest BCUT2D eigenvalue weighted by molar-refractivity contribution is 4.87. The van der Waals surface area contributed by atoms with Crippen LogP contribution in [-0.2, 0) is 0 Å². The van der Waals surface area contributed by atoms with Gasteiger partial charge in [0.15, 0.2) is 0 Å². The van der Waals surface area contributed by atoms with Gasteiger partial charge in [0.1, 0.15) is 0 Å². The quantitative estimate of drug-likeness (QED) is 0.726. The van der Waals surface area contributed by atoms with Crippen LogP contribution in [0.4, 0.5) is 8.78 Å². The van der Waals surface area contributed by atoms with Gasteiger partial charge in [-0.3, -0.25) is 0 Å². The molecule has 1 saturated heterocycles. The lowest BCUT2D eigenvalue weighted by Gasteiger charge is -2.32. The summed E-state index contributed by atoms with van der Waals surface area (Å²) in [7, 11) is 0. The summed E-state index contributed by atoms with van der Waals surface area (Å²) in [4.78, 5) is 0. The van der Waals surface area contributed by atoms with Crippen molar-refractivity contribution in [3.63, 3.8) is 0 Å². The molecule has 2 rings (SSSR count). The summed E-state index contributed by atoms with van der Waals surface area (Å²) < 4.78 is 29.1. The molecule has 0 amide bonds. The van der Waals surface area contributed by atoms with Crippen molar-refractivity contribution >= 4 is 0 Å². The predicted octanol–water partition coefficient (Wildman–Crippen LogP) is 3.98. The molecular weight excluding hydrogens is 220 g/mol. The smallest absolute Gasteiger partial charge is 0.253 e. The topological polar surface area (TPSA) is 12.0 Å². The van der Waals surface area contributed by atoms with E-state index in [9.17, 15) is 8.78 Å². The van der Waals surface area contributed by atoms with Gasteiger partial charge in [-0.05, 0) is 45.2 Å². The summed E-state index contributed by atoms with van der Waals surface area (Å²) in [5.74, 6) is -3.13. The molecule has 1 nitrogen and oxygen atoms in total. The number of hydrogen-bond acceptors (Lipinski definition) is 1. The molecule has 0 radical (unpaired) electrons. The third kappa shape index (κ3) is 3.40. The van der Waals surface area contributed by atoms with E-state index in [1.165, 1.54) is 0 Å². The van der Waals surface area contributed by atoms with Gasteiger partial charge >= 0.3 is 0 Å². The first kappa shape index (κ1) is 13.3. The highest BCUT2D eigenvalue weighted by Gasteiger charge is 2.45.